The summed E-state index contributed by atoms with van der Waals surface area (Å²) in [6.45, 7) is 10.3. The summed E-state index contributed by atoms with van der Waals surface area (Å²) in [7, 11) is 0. The maximum atomic E-state index is 14.1. The highest BCUT2D eigenvalue weighted by Gasteiger charge is 2.31. The predicted octanol–water partition coefficient (Wildman–Crippen LogP) is 6.96. The van der Waals surface area contributed by atoms with Crippen molar-refractivity contribution < 1.29 is 28.4 Å². The van der Waals surface area contributed by atoms with Gasteiger partial charge in [-0.2, -0.15) is 0 Å². The Hall–Kier alpha value is -3.87. The lowest BCUT2D eigenvalue weighted by Gasteiger charge is -2.25. The van der Waals surface area contributed by atoms with Gasteiger partial charge in [0.15, 0.2) is 0 Å². The lowest BCUT2D eigenvalue weighted by molar-refractivity contribution is -0.113. The average molecular weight is 695 g/mol. The van der Waals surface area contributed by atoms with Crippen LogP contribution < -0.4 is 15.4 Å². The first kappa shape index (κ1) is 33.6. The van der Waals surface area contributed by atoms with Gasteiger partial charge in [0.25, 0.3) is 5.91 Å². The summed E-state index contributed by atoms with van der Waals surface area (Å²) in [5.41, 5.74) is 0.570. The Balaban J connectivity index is 2.01. The first-order valence-electron chi connectivity index (χ1n) is 12.8. The van der Waals surface area contributed by atoms with Crippen LogP contribution in [0.5, 0.6) is 5.75 Å². The van der Waals surface area contributed by atoms with Crippen LogP contribution in [0.3, 0.4) is 0 Å². The van der Waals surface area contributed by atoms with Crippen LogP contribution in [0.15, 0.2) is 53.6 Å². The monoisotopic (exact) mass is 693 g/mol. The number of hydrogen-bond donors (Lipinski definition) is 3. The van der Waals surface area contributed by atoms with Gasteiger partial charge in [0.1, 0.15) is 35.0 Å². The molecule has 0 aliphatic heterocycles. The van der Waals surface area contributed by atoms with E-state index in [9.17, 15) is 14.4 Å². The number of halogens is 3. The summed E-state index contributed by atoms with van der Waals surface area (Å²) in [6, 6.07) is 9.81. The Bertz CT molecular complexity index is 1510. The number of nitrogens with zero attached hydrogens (tertiary/aromatic N) is 2. The van der Waals surface area contributed by atoms with Gasteiger partial charge in [-0.25, -0.2) is 4.79 Å². The summed E-state index contributed by atoms with van der Waals surface area (Å²) >= 11 is 15.9. The molecule has 0 fully saturated rings. The van der Waals surface area contributed by atoms with E-state index in [1.807, 2.05) is 0 Å². The average Bonchev–Trinajstić information content (AvgIpc) is 3.32. The number of nitrogens with one attached hydrogen (secondary N) is 3. The van der Waals surface area contributed by atoms with E-state index in [1.54, 1.807) is 58.0 Å². The van der Waals surface area contributed by atoms with Gasteiger partial charge in [-0.05, 0) is 69.7 Å². The van der Waals surface area contributed by atoms with Gasteiger partial charge in [-0.15, -0.1) is 0 Å². The van der Waals surface area contributed by atoms with Gasteiger partial charge in [0, 0.05) is 5.56 Å². The Kier molecular flexibility index (Phi) is 11.4. The summed E-state index contributed by atoms with van der Waals surface area (Å²) < 4.78 is 16.2. The van der Waals surface area contributed by atoms with Crippen molar-refractivity contribution in [3.05, 3.63) is 76.0 Å². The number of carbonyl (C=O) groups excluding carboxylic acids is 3. The van der Waals surface area contributed by atoms with Crippen LogP contribution in [-0.2, 0) is 16.1 Å². The molecule has 0 aliphatic rings. The second-order valence-corrected chi connectivity index (χ2v) is 11.4. The predicted molar refractivity (Wildman–Crippen MR) is 168 cm³/mol. The minimum atomic E-state index is -0.934. The van der Waals surface area contributed by atoms with Crippen molar-refractivity contribution in [1.82, 2.24) is 15.4 Å². The number of alkyl carbamates (subject to hydrolysis) is 1. The number of alkyl halides is 1. The normalized spacial score (nSPS) is 11.0. The van der Waals surface area contributed by atoms with Crippen LogP contribution in [0, 0.1) is 12.3 Å². The van der Waals surface area contributed by atoms with Crippen molar-refractivity contribution >= 4 is 68.7 Å². The molecule has 0 saturated heterocycles. The van der Waals surface area contributed by atoms with Crippen molar-refractivity contribution in [2.45, 2.75) is 39.8 Å². The molecular weight excluding hydrogens is 665 g/mol. The third kappa shape index (κ3) is 9.06. The summed E-state index contributed by atoms with van der Waals surface area (Å²) in [5, 5.41) is 17.9. The van der Waals surface area contributed by atoms with Gasteiger partial charge >= 0.3 is 6.09 Å². The molecule has 14 heteroatoms. The van der Waals surface area contributed by atoms with Crippen LogP contribution in [-0.4, -0.2) is 51.5 Å². The lowest BCUT2D eigenvalue weighted by atomic mass is 10.0. The standard InChI is InChI=1S/C29H30BrCl2N5O6/c1-6-11-41-19-9-7-18(8-10-19)24-23(16(2)43-36-24)26(39)37(27(33)35-28(40)42-29(3,4)5)15-17-12-20(31)25(21(32)13-17)34-22(38)14-30/h6-10,12-13H,1,11,14-15H2,2-5H3,(H,34,38)(H2,33,35,40). The molecule has 3 rings (SSSR count). The van der Waals surface area contributed by atoms with E-state index in [4.69, 9.17) is 42.6 Å². The second-order valence-electron chi connectivity index (χ2n) is 10.1. The van der Waals surface area contributed by atoms with Gasteiger partial charge < -0.3 is 19.3 Å². The van der Waals surface area contributed by atoms with Gasteiger partial charge in [0.05, 0.1) is 27.6 Å². The molecule has 3 aromatic rings. The zero-order valence-electron chi connectivity index (χ0n) is 23.8. The molecular formula is C29H30BrCl2N5O6. The molecule has 0 unspecified atom stereocenters. The smallest absolute Gasteiger partial charge is 0.414 e. The largest absolute Gasteiger partial charge is 0.490 e. The fourth-order valence-electron chi connectivity index (χ4n) is 3.73. The third-order valence-corrected chi connectivity index (χ3v) is 6.64. The zero-order chi connectivity index (χ0) is 31.9. The number of aromatic nitrogens is 1. The molecule has 0 atom stereocenters. The molecule has 43 heavy (non-hydrogen) atoms. The van der Waals surface area contributed by atoms with E-state index >= 15 is 0 Å². The molecule has 0 spiro atoms. The summed E-state index contributed by atoms with van der Waals surface area (Å²) in [5.74, 6) is -0.877. The number of benzene rings is 2. The fourth-order valence-corrected chi connectivity index (χ4v) is 4.50. The van der Waals surface area contributed by atoms with Crippen molar-refractivity contribution in [2.24, 2.45) is 0 Å². The number of guanidine groups is 1. The molecule has 0 saturated carbocycles. The molecule has 3 amide bonds. The van der Waals surface area contributed by atoms with E-state index in [1.165, 1.54) is 12.1 Å². The van der Waals surface area contributed by atoms with Crippen molar-refractivity contribution in [2.75, 3.05) is 17.3 Å². The molecule has 11 nitrogen and oxygen atoms in total. The van der Waals surface area contributed by atoms with Crippen LogP contribution >= 0.6 is 39.1 Å². The fraction of sp³-hybridized carbons (Fsp3) is 0.276. The Morgan fingerprint density at radius 1 is 1.16 bits per heavy atom. The first-order chi connectivity index (χ1) is 20.2. The zero-order valence-corrected chi connectivity index (χ0v) is 26.9. The number of anilines is 1. The van der Waals surface area contributed by atoms with Crippen molar-refractivity contribution in [3.8, 4) is 17.0 Å². The number of ether oxygens (including phenoxy) is 2. The van der Waals surface area contributed by atoms with E-state index in [-0.39, 0.29) is 50.5 Å². The quantitative estimate of drug-likeness (QED) is 0.0950. The second kappa shape index (κ2) is 14.5. The molecule has 1 heterocycles. The van der Waals surface area contributed by atoms with Crippen LogP contribution in [0.1, 0.15) is 42.5 Å². The topological polar surface area (TPSA) is 147 Å². The molecule has 0 aliphatic carbocycles. The van der Waals surface area contributed by atoms with E-state index in [2.05, 4.69) is 38.3 Å². The number of hydrogen-bond acceptors (Lipinski definition) is 8. The number of carbonyl (C=O) groups is 3. The van der Waals surface area contributed by atoms with E-state index < -0.39 is 23.6 Å². The highest BCUT2D eigenvalue weighted by Crippen LogP contribution is 2.33. The third-order valence-electron chi connectivity index (χ3n) is 5.53. The lowest BCUT2D eigenvalue weighted by Crippen LogP contribution is -2.47. The molecule has 228 valence electrons. The van der Waals surface area contributed by atoms with Crippen LogP contribution in [0.4, 0.5) is 10.5 Å². The van der Waals surface area contributed by atoms with Gasteiger partial charge in [0.2, 0.25) is 11.9 Å². The van der Waals surface area contributed by atoms with E-state index in [0.717, 1.165) is 4.90 Å². The van der Waals surface area contributed by atoms with Crippen molar-refractivity contribution in [3.63, 3.8) is 0 Å². The highest BCUT2D eigenvalue weighted by molar-refractivity contribution is 9.09. The minimum absolute atomic E-state index is 0.0299. The molecule has 3 N–H and O–H groups in total. The number of rotatable bonds is 9. The molecule has 0 radical (unpaired) electrons. The SMILES string of the molecule is C=CCOc1ccc(-c2noc(C)c2C(=O)N(Cc2cc(Cl)c(NC(=O)CBr)c(Cl)c2)C(=N)NC(=O)OC(C)(C)C)cc1. The summed E-state index contributed by atoms with van der Waals surface area (Å²) in [6.07, 6.45) is 0.685. The Morgan fingerprint density at radius 2 is 1.79 bits per heavy atom. The maximum Gasteiger partial charge on any atom is 0.414 e. The Labute approximate surface area is 267 Å². The van der Waals surface area contributed by atoms with Crippen molar-refractivity contribution in [1.29, 1.82) is 5.41 Å². The minimum Gasteiger partial charge on any atom is -0.490 e. The van der Waals surface area contributed by atoms with Gasteiger partial charge in [-0.1, -0.05) is 56.9 Å². The molecule has 0 bridgehead atoms. The Morgan fingerprint density at radius 3 is 2.35 bits per heavy atom. The highest BCUT2D eigenvalue weighted by atomic mass is 79.9. The first-order valence-corrected chi connectivity index (χ1v) is 14.7. The summed E-state index contributed by atoms with van der Waals surface area (Å²) in [4.78, 5) is 39.5. The van der Waals surface area contributed by atoms with Crippen LogP contribution in [0.25, 0.3) is 11.3 Å². The number of aryl methyl sites for hydroxylation is 1. The molecule has 2 aromatic carbocycles. The van der Waals surface area contributed by atoms with Gasteiger partial charge in [-0.3, -0.25) is 25.2 Å². The number of amides is 3. The molecule has 1 aromatic heterocycles. The van der Waals surface area contributed by atoms with Crippen LogP contribution in [0.2, 0.25) is 10.0 Å². The maximum absolute atomic E-state index is 14.1. The van der Waals surface area contributed by atoms with E-state index in [0.29, 0.717) is 23.5 Å².